The number of anilines is 1. The van der Waals surface area contributed by atoms with Crippen molar-refractivity contribution in [2.45, 2.75) is 32.4 Å². The van der Waals surface area contributed by atoms with E-state index in [9.17, 15) is 4.79 Å². The van der Waals surface area contributed by atoms with Crippen molar-refractivity contribution >= 4 is 28.9 Å². The van der Waals surface area contributed by atoms with E-state index in [1.165, 1.54) is 0 Å². The highest BCUT2D eigenvalue weighted by Crippen LogP contribution is 2.41. The molecule has 0 bridgehead atoms. The number of nitrogens with zero attached hydrogens (tertiary/aromatic N) is 4. The number of para-hydroxylation sites is 1. The molecule has 4 heterocycles. The maximum absolute atomic E-state index is 12.8. The summed E-state index contributed by atoms with van der Waals surface area (Å²) in [4.78, 5) is 24.1. The van der Waals surface area contributed by atoms with Gasteiger partial charge in [-0.1, -0.05) is 30.3 Å². The van der Waals surface area contributed by atoms with Gasteiger partial charge in [0.2, 0.25) is 5.91 Å². The molecule has 36 heavy (non-hydrogen) atoms. The van der Waals surface area contributed by atoms with Crippen molar-refractivity contribution in [3.05, 3.63) is 108 Å². The van der Waals surface area contributed by atoms with Gasteiger partial charge in [-0.2, -0.15) is 0 Å². The second kappa shape index (κ2) is 10.3. The number of aryl methyl sites for hydroxylation is 1. The molecule has 5 rings (SSSR count). The Kier molecular flexibility index (Phi) is 6.77. The molecule has 0 saturated carbocycles. The van der Waals surface area contributed by atoms with Crippen LogP contribution < -0.4 is 10.6 Å². The highest BCUT2D eigenvalue weighted by atomic mass is 32.1. The first-order chi connectivity index (χ1) is 17.5. The number of amides is 1. The fourth-order valence-electron chi connectivity index (χ4n) is 4.88. The summed E-state index contributed by atoms with van der Waals surface area (Å²) in [7, 11) is 0. The van der Waals surface area contributed by atoms with E-state index in [0.29, 0.717) is 18.1 Å². The standard InChI is InChI=1S/C28H28N6OS/c1-19-18-22(20(2)34(19)24-13-7-9-16-30-24)27-26(23-12-6-8-15-29-23)32-28(36)33(27)17-14-25(35)31-21-10-4-3-5-11-21/h3-13,15-16,18,26-27H,14,17H2,1-2H3,(H,31,35)(H,32,36)/t26-,27+/m1/s1. The summed E-state index contributed by atoms with van der Waals surface area (Å²) in [6.45, 7) is 4.67. The Labute approximate surface area is 216 Å². The number of rotatable bonds is 7. The number of carbonyl (C=O) groups excluding carboxylic acids is 1. The van der Waals surface area contributed by atoms with Crippen molar-refractivity contribution in [1.29, 1.82) is 0 Å². The SMILES string of the molecule is Cc1cc([C@H]2[C@@H](c3ccccn3)NC(=S)N2CCC(=O)Nc2ccccc2)c(C)n1-c1ccccn1. The van der Waals surface area contributed by atoms with Crippen molar-refractivity contribution in [3.63, 3.8) is 0 Å². The molecule has 182 valence electrons. The summed E-state index contributed by atoms with van der Waals surface area (Å²) in [5.41, 5.74) is 4.99. The third kappa shape index (κ3) is 4.72. The molecule has 4 aromatic rings. The largest absolute Gasteiger partial charge is 0.352 e. The van der Waals surface area contributed by atoms with Crippen molar-refractivity contribution in [2.24, 2.45) is 0 Å². The molecule has 1 aliphatic rings. The van der Waals surface area contributed by atoms with Crippen LogP contribution in [-0.4, -0.2) is 37.0 Å². The van der Waals surface area contributed by atoms with E-state index in [0.717, 1.165) is 34.2 Å². The number of carbonyl (C=O) groups is 1. The van der Waals surface area contributed by atoms with Crippen molar-refractivity contribution in [2.75, 3.05) is 11.9 Å². The van der Waals surface area contributed by atoms with Gasteiger partial charge >= 0.3 is 0 Å². The van der Waals surface area contributed by atoms with E-state index in [1.807, 2.05) is 66.7 Å². The lowest BCUT2D eigenvalue weighted by Gasteiger charge is -2.28. The summed E-state index contributed by atoms with van der Waals surface area (Å²) >= 11 is 5.79. The monoisotopic (exact) mass is 496 g/mol. The molecular formula is C28H28N6OS. The molecule has 1 aromatic carbocycles. The van der Waals surface area contributed by atoms with Crippen LogP contribution in [0.5, 0.6) is 0 Å². The number of hydrogen-bond donors (Lipinski definition) is 2. The molecule has 2 atom stereocenters. The summed E-state index contributed by atoms with van der Waals surface area (Å²) in [5, 5.41) is 7.06. The van der Waals surface area contributed by atoms with Gasteiger partial charge in [-0.25, -0.2) is 4.98 Å². The van der Waals surface area contributed by atoms with Crippen molar-refractivity contribution in [3.8, 4) is 5.82 Å². The van der Waals surface area contributed by atoms with Gasteiger partial charge in [0.15, 0.2) is 5.11 Å². The Hall–Kier alpha value is -4.04. The van der Waals surface area contributed by atoms with Gasteiger partial charge in [-0.05, 0) is 74.1 Å². The molecule has 0 spiro atoms. The Bertz CT molecular complexity index is 1360. The topological polar surface area (TPSA) is 75.1 Å². The van der Waals surface area contributed by atoms with Gasteiger partial charge < -0.3 is 20.1 Å². The minimum atomic E-state index is -0.145. The van der Waals surface area contributed by atoms with E-state index < -0.39 is 0 Å². The van der Waals surface area contributed by atoms with Crippen LogP contribution in [0.25, 0.3) is 5.82 Å². The average Bonchev–Trinajstić information content (AvgIpc) is 3.38. The van der Waals surface area contributed by atoms with Crippen LogP contribution in [0.15, 0.2) is 85.2 Å². The number of aromatic nitrogens is 3. The first kappa shape index (κ1) is 23.7. The number of thiocarbonyl (C=S) groups is 1. The first-order valence-corrected chi connectivity index (χ1v) is 12.4. The quantitative estimate of drug-likeness (QED) is 0.355. The molecular weight excluding hydrogens is 468 g/mol. The van der Waals surface area contributed by atoms with E-state index in [-0.39, 0.29) is 18.0 Å². The molecule has 0 radical (unpaired) electrons. The second-order valence-corrected chi connectivity index (χ2v) is 9.22. The molecule has 7 nitrogen and oxygen atoms in total. The minimum Gasteiger partial charge on any atom is -0.352 e. The molecule has 1 fully saturated rings. The summed E-state index contributed by atoms with van der Waals surface area (Å²) in [6.07, 6.45) is 3.90. The molecule has 1 aliphatic heterocycles. The lowest BCUT2D eigenvalue weighted by Crippen LogP contribution is -2.32. The summed E-state index contributed by atoms with van der Waals surface area (Å²) in [5.74, 6) is 0.818. The van der Waals surface area contributed by atoms with Crippen LogP contribution in [0.3, 0.4) is 0 Å². The minimum absolute atomic E-state index is 0.0528. The third-order valence-electron chi connectivity index (χ3n) is 6.50. The molecule has 1 saturated heterocycles. The normalized spacial score (nSPS) is 17.2. The Morgan fingerprint density at radius 1 is 1.00 bits per heavy atom. The second-order valence-electron chi connectivity index (χ2n) is 8.83. The van der Waals surface area contributed by atoms with Gasteiger partial charge in [0.1, 0.15) is 5.82 Å². The van der Waals surface area contributed by atoms with E-state index in [4.69, 9.17) is 12.2 Å². The van der Waals surface area contributed by atoms with Crippen molar-refractivity contribution in [1.82, 2.24) is 24.8 Å². The van der Waals surface area contributed by atoms with Crippen LogP contribution >= 0.6 is 12.2 Å². The first-order valence-electron chi connectivity index (χ1n) is 12.0. The Morgan fingerprint density at radius 3 is 2.42 bits per heavy atom. The van der Waals surface area contributed by atoms with Gasteiger partial charge in [-0.3, -0.25) is 9.78 Å². The number of benzene rings is 1. The van der Waals surface area contributed by atoms with Crippen LogP contribution in [0.1, 0.15) is 41.1 Å². The van der Waals surface area contributed by atoms with E-state index >= 15 is 0 Å². The number of hydrogen-bond acceptors (Lipinski definition) is 4. The number of nitrogens with one attached hydrogen (secondary N) is 2. The smallest absolute Gasteiger partial charge is 0.226 e. The van der Waals surface area contributed by atoms with Crippen LogP contribution in [-0.2, 0) is 4.79 Å². The van der Waals surface area contributed by atoms with Gasteiger partial charge in [0.25, 0.3) is 0 Å². The predicted octanol–water partition coefficient (Wildman–Crippen LogP) is 4.89. The highest BCUT2D eigenvalue weighted by molar-refractivity contribution is 7.80. The lowest BCUT2D eigenvalue weighted by molar-refractivity contribution is -0.116. The summed E-state index contributed by atoms with van der Waals surface area (Å²) < 4.78 is 2.16. The van der Waals surface area contributed by atoms with Crippen molar-refractivity contribution < 1.29 is 4.79 Å². The Morgan fingerprint density at radius 2 is 1.72 bits per heavy atom. The zero-order valence-corrected chi connectivity index (χ0v) is 21.1. The average molecular weight is 497 g/mol. The highest BCUT2D eigenvalue weighted by Gasteiger charge is 2.41. The molecule has 3 aromatic heterocycles. The molecule has 2 N–H and O–H groups in total. The molecule has 1 amide bonds. The Balaban J connectivity index is 1.47. The van der Waals surface area contributed by atoms with E-state index in [2.05, 4.69) is 50.0 Å². The van der Waals surface area contributed by atoms with Gasteiger partial charge in [-0.15, -0.1) is 0 Å². The maximum atomic E-state index is 12.8. The maximum Gasteiger partial charge on any atom is 0.226 e. The van der Waals surface area contributed by atoms with Gasteiger partial charge in [0.05, 0.1) is 17.8 Å². The molecule has 0 unspecified atom stereocenters. The third-order valence-corrected chi connectivity index (χ3v) is 6.85. The fourth-order valence-corrected chi connectivity index (χ4v) is 5.21. The van der Waals surface area contributed by atoms with Crippen LogP contribution in [0.2, 0.25) is 0 Å². The number of pyridine rings is 2. The molecule has 0 aliphatic carbocycles. The van der Waals surface area contributed by atoms with Crippen LogP contribution in [0.4, 0.5) is 5.69 Å². The summed E-state index contributed by atoms with van der Waals surface area (Å²) in [6, 6.07) is 23.2. The fraction of sp³-hybridized carbons (Fsp3) is 0.214. The lowest BCUT2D eigenvalue weighted by atomic mass is 9.96. The zero-order chi connectivity index (χ0) is 25.1. The zero-order valence-electron chi connectivity index (χ0n) is 20.3. The predicted molar refractivity (Wildman–Crippen MR) is 145 cm³/mol. The molecule has 8 heteroatoms. The van der Waals surface area contributed by atoms with Crippen LogP contribution in [0, 0.1) is 13.8 Å². The van der Waals surface area contributed by atoms with Gasteiger partial charge in [0, 0.05) is 42.4 Å². The van der Waals surface area contributed by atoms with E-state index in [1.54, 1.807) is 12.4 Å².